The zero-order valence-corrected chi connectivity index (χ0v) is 11.6. The van der Waals surface area contributed by atoms with E-state index in [9.17, 15) is 9.59 Å². The Morgan fingerprint density at radius 3 is 2.63 bits per heavy atom. The molecule has 1 fully saturated rings. The zero-order chi connectivity index (χ0) is 14.0. The summed E-state index contributed by atoms with van der Waals surface area (Å²) in [7, 11) is 0. The highest BCUT2D eigenvalue weighted by atomic mass is 16.2. The Balaban J connectivity index is 2.26. The third-order valence-electron chi connectivity index (χ3n) is 3.94. The number of aromatic nitrogens is 2. The molecule has 0 atom stereocenters. The standard InChI is InChI=1S/C13H22N4O2/c1-3-7-17-10(14)9(11(18)16-12(17)19)15-8-13(2)5-4-6-13/h15H,3-8,14H2,1-2H3,(H,16,18,19). The number of nitrogens with zero attached hydrogens (tertiary/aromatic N) is 1. The summed E-state index contributed by atoms with van der Waals surface area (Å²) in [6, 6.07) is 0. The number of aromatic amines is 1. The summed E-state index contributed by atoms with van der Waals surface area (Å²) in [5, 5.41) is 3.12. The SMILES string of the molecule is CCCn1c(N)c(NCC2(C)CCC2)c(=O)[nH]c1=O. The van der Waals surface area contributed by atoms with Crippen molar-refractivity contribution < 1.29 is 0 Å². The van der Waals surface area contributed by atoms with Gasteiger partial charge in [0, 0.05) is 13.1 Å². The van der Waals surface area contributed by atoms with Gasteiger partial charge in [0.05, 0.1) is 0 Å². The van der Waals surface area contributed by atoms with E-state index < -0.39 is 11.2 Å². The van der Waals surface area contributed by atoms with Crippen LogP contribution < -0.4 is 22.3 Å². The van der Waals surface area contributed by atoms with Crippen molar-refractivity contribution >= 4 is 11.5 Å². The topological polar surface area (TPSA) is 92.9 Å². The minimum atomic E-state index is -0.440. The summed E-state index contributed by atoms with van der Waals surface area (Å²) >= 11 is 0. The largest absolute Gasteiger partial charge is 0.383 e. The maximum atomic E-state index is 11.8. The van der Waals surface area contributed by atoms with Gasteiger partial charge in [0.2, 0.25) is 0 Å². The summed E-state index contributed by atoms with van der Waals surface area (Å²) in [5.74, 6) is 0.235. The Morgan fingerprint density at radius 1 is 1.42 bits per heavy atom. The van der Waals surface area contributed by atoms with Crippen LogP contribution >= 0.6 is 0 Å². The minimum absolute atomic E-state index is 0.235. The molecule has 19 heavy (non-hydrogen) atoms. The average molecular weight is 266 g/mol. The molecule has 0 unspecified atom stereocenters. The van der Waals surface area contributed by atoms with Crippen LogP contribution in [0.3, 0.4) is 0 Å². The molecule has 1 aliphatic carbocycles. The molecule has 1 aromatic rings. The summed E-state index contributed by atoms with van der Waals surface area (Å²) in [6.45, 7) is 5.37. The molecule has 2 rings (SSSR count). The molecule has 0 spiro atoms. The van der Waals surface area contributed by atoms with Gasteiger partial charge in [-0.3, -0.25) is 14.3 Å². The first-order valence-electron chi connectivity index (χ1n) is 6.83. The molecule has 0 aromatic carbocycles. The molecule has 1 saturated carbocycles. The van der Waals surface area contributed by atoms with E-state index in [0.717, 1.165) is 19.3 Å². The molecule has 0 amide bonds. The van der Waals surface area contributed by atoms with Crippen molar-refractivity contribution in [2.45, 2.75) is 46.1 Å². The Bertz CT molecular complexity index is 569. The van der Waals surface area contributed by atoms with Crippen molar-refractivity contribution in [2.24, 2.45) is 5.41 Å². The van der Waals surface area contributed by atoms with Gasteiger partial charge in [0.25, 0.3) is 5.56 Å². The fourth-order valence-electron chi connectivity index (χ4n) is 2.46. The lowest BCUT2D eigenvalue weighted by Crippen LogP contribution is -2.38. The van der Waals surface area contributed by atoms with E-state index in [1.165, 1.54) is 11.0 Å². The van der Waals surface area contributed by atoms with Crippen LogP contribution in [0.2, 0.25) is 0 Å². The molecule has 1 heterocycles. The van der Waals surface area contributed by atoms with Crippen molar-refractivity contribution in [2.75, 3.05) is 17.6 Å². The van der Waals surface area contributed by atoms with E-state index in [0.29, 0.717) is 18.8 Å². The van der Waals surface area contributed by atoms with Gasteiger partial charge in [-0.05, 0) is 24.7 Å². The van der Waals surface area contributed by atoms with Gasteiger partial charge in [-0.1, -0.05) is 20.3 Å². The number of H-pyrrole nitrogens is 1. The third-order valence-corrected chi connectivity index (χ3v) is 3.94. The van der Waals surface area contributed by atoms with Crippen LogP contribution in [0.1, 0.15) is 39.5 Å². The first-order valence-corrected chi connectivity index (χ1v) is 6.83. The quantitative estimate of drug-likeness (QED) is 0.745. The molecular formula is C13H22N4O2. The van der Waals surface area contributed by atoms with Gasteiger partial charge in [-0.15, -0.1) is 0 Å². The predicted molar refractivity (Wildman–Crippen MR) is 76.5 cm³/mol. The second kappa shape index (κ2) is 5.11. The fraction of sp³-hybridized carbons (Fsp3) is 0.692. The smallest absolute Gasteiger partial charge is 0.330 e. The number of nitrogen functional groups attached to an aromatic ring is 1. The number of anilines is 2. The van der Waals surface area contributed by atoms with Crippen LogP contribution in [0, 0.1) is 5.41 Å². The second-order valence-electron chi connectivity index (χ2n) is 5.69. The van der Waals surface area contributed by atoms with Crippen LogP contribution in [-0.2, 0) is 6.54 Å². The van der Waals surface area contributed by atoms with Crippen LogP contribution in [0.25, 0.3) is 0 Å². The van der Waals surface area contributed by atoms with E-state index in [1.807, 2.05) is 6.92 Å². The van der Waals surface area contributed by atoms with E-state index in [2.05, 4.69) is 17.2 Å². The molecule has 0 bridgehead atoms. The molecular weight excluding hydrogens is 244 g/mol. The summed E-state index contributed by atoms with van der Waals surface area (Å²) in [5.41, 5.74) is 5.63. The average Bonchev–Trinajstić information content (AvgIpc) is 2.32. The number of hydrogen-bond acceptors (Lipinski definition) is 4. The Kier molecular flexibility index (Phi) is 3.68. The maximum Gasteiger partial charge on any atom is 0.330 e. The van der Waals surface area contributed by atoms with Gasteiger partial charge < -0.3 is 11.1 Å². The monoisotopic (exact) mass is 266 g/mol. The Morgan fingerprint density at radius 2 is 2.11 bits per heavy atom. The molecule has 1 aliphatic rings. The summed E-state index contributed by atoms with van der Waals surface area (Å²) in [6.07, 6.45) is 4.34. The van der Waals surface area contributed by atoms with Crippen LogP contribution in [0.5, 0.6) is 0 Å². The van der Waals surface area contributed by atoms with E-state index in [4.69, 9.17) is 5.73 Å². The van der Waals surface area contributed by atoms with Crippen LogP contribution in [0.4, 0.5) is 11.5 Å². The van der Waals surface area contributed by atoms with Gasteiger partial charge in [0.15, 0.2) is 0 Å². The molecule has 6 heteroatoms. The minimum Gasteiger partial charge on any atom is -0.383 e. The summed E-state index contributed by atoms with van der Waals surface area (Å²) < 4.78 is 1.41. The van der Waals surface area contributed by atoms with Crippen LogP contribution in [-0.4, -0.2) is 16.1 Å². The van der Waals surface area contributed by atoms with Crippen molar-refractivity contribution in [1.29, 1.82) is 0 Å². The van der Waals surface area contributed by atoms with Gasteiger partial charge >= 0.3 is 5.69 Å². The number of hydrogen-bond donors (Lipinski definition) is 3. The second-order valence-corrected chi connectivity index (χ2v) is 5.69. The highest BCUT2D eigenvalue weighted by Gasteiger charge is 2.31. The number of nitrogens with one attached hydrogen (secondary N) is 2. The first-order chi connectivity index (χ1) is 8.97. The maximum absolute atomic E-state index is 11.8. The third kappa shape index (κ3) is 2.67. The van der Waals surface area contributed by atoms with Gasteiger partial charge in [-0.25, -0.2) is 4.79 Å². The highest BCUT2D eigenvalue weighted by Crippen LogP contribution is 2.40. The van der Waals surface area contributed by atoms with Crippen LogP contribution in [0.15, 0.2) is 9.59 Å². The lowest BCUT2D eigenvalue weighted by Gasteiger charge is -2.38. The molecule has 0 aliphatic heterocycles. The Labute approximate surface area is 112 Å². The van der Waals surface area contributed by atoms with Gasteiger partial charge in [-0.2, -0.15) is 0 Å². The van der Waals surface area contributed by atoms with Crippen molar-refractivity contribution in [3.05, 3.63) is 20.8 Å². The fourth-order valence-corrected chi connectivity index (χ4v) is 2.46. The van der Waals surface area contributed by atoms with E-state index in [-0.39, 0.29) is 11.2 Å². The van der Waals surface area contributed by atoms with E-state index >= 15 is 0 Å². The summed E-state index contributed by atoms with van der Waals surface area (Å²) in [4.78, 5) is 25.8. The molecule has 6 nitrogen and oxygen atoms in total. The molecule has 0 radical (unpaired) electrons. The molecule has 106 valence electrons. The van der Waals surface area contributed by atoms with Crippen molar-refractivity contribution in [3.63, 3.8) is 0 Å². The molecule has 4 N–H and O–H groups in total. The van der Waals surface area contributed by atoms with Gasteiger partial charge in [0.1, 0.15) is 11.5 Å². The lowest BCUT2D eigenvalue weighted by molar-refractivity contribution is 0.180. The predicted octanol–water partition coefficient (Wildman–Crippen LogP) is 1.13. The number of nitrogens with two attached hydrogens (primary N) is 1. The zero-order valence-electron chi connectivity index (χ0n) is 11.6. The normalized spacial score (nSPS) is 16.9. The lowest BCUT2D eigenvalue weighted by atomic mass is 9.70. The number of rotatable bonds is 5. The van der Waals surface area contributed by atoms with Crippen molar-refractivity contribution in [1.82, 2.24) is 9.55 Å². The molecule has 0 saturated heterocycles. The first kappa shape index (κ1) is 13.7. The van der Waals surface area contributed by atoms with E-state index in [1.54, 1.807) is 0 Å². The molecule has 1 aromatic heterocycles. The highest BCUT2D eigenvalue weighted by molar-refractivity contribution is 5.60. The van der Waals surface area contributed by atoms with Crippen molar-refractivity contribution in [3.8, 4) is 0 Å². The Hall–Kier alpha value is -1.72.